The molecule has 0 amide bonds. The van der Waals surface area contributed by atoms with E-state index >= 15 is 0 Å². The SMILES string of the molecule is CC(C)Cc1cccc2c1CNCC2. The van der Waals surface area contributed by atoms with Crippen molar-refractivity contribution in [1.82, 2.24) is 5.32 Å². The van der Waals surface area contributed by atoms with Crippen molar-refractivity contribution >= 4 is 0 Å². The predicted octanol–water partition coefficient (Wildman–Crippen LogP) is 2.53. The van der Waals surface area contributed by atoms with Crippen LogP contribution in [0.15, 0.2) is 18.2 Å². The summed E-state index contributed by atoms with van der Waals surface area (Å²) in [7, 11) is 0. The van der Waals surface area contributed by atoms with Gasteiger partial charge < -0.3 is 5.32 Å². The van der Waals surface area contributed by atoms with E-state index in [4.69, 9.17) is 0 Å². The van der Waals surface area contributed by atoms with Crippen molar-refractivity contribution in [2.75, 3.05) is 6.54 Å². The molecule has 1 heteroatoms. The highest BCUT2D eigenvalue weighted by atomic mass is 14.9. The van der Waals surface area contributed by atoms with Crippen molar-refractivity contribution < 1.29 is 0 Å². The quantitative estimate of drug-likeness (QED) is 0.754. The first-order chi connectivity index (χ1) is 6.77. The molecule has 0 radical (unpaired) electrons. The highest BCUT2D eigenvalue weighted by Crippen LogP contribution is 2.20. The van der Waals surface area contributed by atoms with Crippen LogP contribution in [0, 0.1) is 5.92 Å². The van der Waals surface area contributed by atoms with Crippen LogP contribution in [0.3, 0.4) is 0 Å². The van der Waals surface area contributed by atoms with Gasteiger partial charge in [0.15, 0.2) is 0 Å². The van der Waals surface area contributed by atoms with Gasteiger partial charge in [0.25, 0.3) is 0 Å². The van der Waals surface area contributed by atoms with Gasteiger partial charge in [-0.3, -0.25) is 0 Å². The summed E-state index contributed by atoms with van der Waals surface area (Å²) < 4.78 is 0. The van der Waals surface area contributed by atoms with Crippen LogP contribution in [-0.2, 0) is 19.4 Å². The molecule has 1 nitrogen and oxygen atoms in total. The molecule has 0 aromatic heterocycles. The minimum atomic E-state index is 0.753. The number of fused-ring (bicyclic) bond motifs is 1. The third-order valence-electron chi connectivity index (χ3n) is 2.87. The van der Waals surface area contributed by atoms with Crippen molar-refractivity contribution in [3.63, 3.8) is 0 Å². The zero-order valence-electron chi connectivity index (χ0n) is 9.14. The highest BCUT2D eigenvalue weighted by Gasteiger charge is 2.12. The first kappa shape index (κ1) is 9.72. The van der Waals surface area contributed by atoms with Crippen LogP contribution in [-0.4, -0.2) is 6.54 Å². The summed E-state index contributed by atoms with van der Waals surface area (Å²) >= 11 is 0. The fraction of sp³-hybridized carbons (Fsp3) is 0.538. The molecular formula is C13H19N. The van der Waals surface area contributed by atoms with Gasteiger partial charge in [-0.05, 0) is 42.0 Å². The summed E-state index contributed by atoms with van der Waals surface area (Å²) in [6.07, 6.45) is 2.41. The topological polar surface area (TPSA) is 12.0 Å². The van der Waals surface area contributed by atoms with Crippen LogP contribution in [0.2, 0.25) is 0 Å². The maximum Gasteiger partial charge on any atom is 0.0211 e. The van der Waals surface area contributed by atoms with E-state index in [9.17, 15) is 0 Å². The Morgan fingerprint density at radius 3 is 3.00 bits per heavy atom. The number of nitrogens with one attached hydrogen (secondary N) is 1. The molecule has 1 aromatic rings. The second kappa shape index (κ2) is 4.14. The molecule has 0 saturated carbocycles. The van der Waals surface area contributed by atoms with E-state index in [-0.39, 0.29) is 0 Å². The minimum absolute atomic E-state index is 0.753. The summed E-state index contributed by atoms with van der Waals surface area (Å²) in [5.74, 6) is 0.753. The van der Waals surface area contributed by atoms with Gasteiger partial charge in [-0.25, -0.2) is 0 Å². The van der Waals surface area contributed by atoms with E-state index in [0.717, 1.165) is 19.0 Å². The fourth-order valence-electron chi connectivity index (χ4n) is 2.22. The van der Waals surface area contributed by atoms with Crippen molar-refractivity contribution in [1.29, 1.82) is 0 Å². The molecule has 0 saturated heterocycles. The third-order valence-corrected chi connectivity index (χ3v) is 2.87. The van der Waals surface area contributed by atoms with Crippen LogP contribution >= 0.6 is 0 Å². The first-order valence-electron chi connectivity index (χ1n) is 5.57. The zero-order chi connectivity index (χ0) is 9.97. The zero-order valence-corrected chi connectivity index (χ0v) is 9.14. The van der Waals surface area contributed by atoms with Crippen molar-refractivity contribution in [3.8, 4) is 0 Å². The van der Waals surface area contributed by atoms with Crippen LogP contribution < -0.4 is 5.32 Å². The summed E-state index contributed by atoms with van der Waals surface area (Å²) in [4.78, 5) is 0. The molecule has 0 atom stereocenters. The Hall–Kier alpha value is -0.820. The molecule has 0 aliphatic carbocycles. The van der Waals surface area contributed by atoms with Crippen LogP contribution in [0.5, 0.6) is 0 Å². The van der Waals surface area contributed by atoms with Crippen LogP contribution in [0.25, 0.3) is 0 Å². The Balaban J connectivity index is 2.30. The molecule has 1 heterocycles. The molecule has 1 N–H and O–H groups in total. The van der Waals surface area contributed by atoms with E-state index in [1.54, 1.807) is 16.7 Å². The standard InChI is InChI=1S/C13H19N/c1-10(2)8-12-5-3-4-11-6-7-14-9-13(11)12/h3-5,10,14H,6-9H2,1-2H3. The number of hydrogen-bond acceptors (Lipinski definition) is 1. The second-order valence-electron chi connectivity index (χ2n) is 4.58. The molecule has 0 fully saturated rings. The smallest absolute Gasteiger partial charge is 0.0211 e. The Labute approximate surface area is 86.5 Å². The molecule has 1 aromatic carbocycles. The van der Waals surface area contributed by atoms with Crippen molar-refractivity contribution in [2.45, 2.75) is 33.2 Å². The number of benzene rings is 1. The molecular weight excluding hydrogens is 170 g/mol. The maximum atomic E-state index is 3.45. The van der Waals surface area contributed by atoms with Gasteiger partial charge in [0, 0.05) is 6.54 Å². The molecule has 1 aliphatic heterocycles. The lowest BCUT2D eigenvalue weighted by molar-refractivity contribution is 0.609. The summed E-state index contributed by atoms with van der Waals surface area (Å²) in [6, 6.07) is 6.77. The Morgan fingerprint density at radius 2 is 2.21 bits per heavy atom. The average molecular weight is 189 g/mol. The lowest BCUT2D eigenvalue weighted by Gasteiger charge is -2.21. The van der Waals surface area contributed by atoms with Crippen LogP contribution in [0.4, 0.5) is 0 Å². The third kappa shape index (κ3) is 1.98. The molecule has 0 bridgehead atoms. The van der Waals surface area contributed by atoms with E-state index in [1.807, 2.05) is 0 Å². The van der Waals surface area contributed by atoms with Gasteiger partial charge in [0.05, 0.1) is 0 Å². The average Bonchev–Trinajstić information content (AvgIpc) is 2.18. The monoisotopic (exact) mass is 189 g/mol. The molecule has 0 spiro atoms. The number of rotatable bonds is 2. The van der Waals surface area contributed by atoms with E-state index < -0.39 is 0 Å². The fourth-order valence-corrected chi connectivity index (χ4v) is 2.22. The number of hydrogen-bond donors (Lipinski definition) is 1. The minimum Gasteiger partial charge on any atom is -0.312 e. The normalized spacial score (nSPS) is 15.6. The van der Waals surface area contributed by atoms with Gasteiger partial charge in [-0.2, -0.15) is 0 Å². The lowest BCUT2D eigenvalue weighted by Crippen LogP contribution is -2.25. The molecule has 0 unspecified atom stereocenters. The first-order valence-corrected chi connectivity index (χ1v) is 5.57. The van der Waals surface area contributed by atoms with Gasteiger partial charge >= 0.3 is 0 Å². The molecule has 2 rings (SSSR count). The Morgan fingerprint density at radius 1 is 1.36 bits per heavy atom. The van der Waals surface area contributed by atoms with Gasteiger partial charge in [-0.1, -0.05) is 32.0 Å². The second-order valence-corrected chi connectivity index (χ2v) is 4.58. The lowest BCUT2D eigenvalue weighted by atomic mass is 9.91. The van der Waals surface area contributed by atoms with E-state index in [0.29, 0.717) is 0 Å². The van der Waals surface area contributed by atoms with Gasteiger partial charge in [0.2, 0.25) is 0 Å². The summed E-state index contributed by atoms with van der Waals surface area (Å²) in [5, 5.41) is 3.45. The molecule has 76 valence electrons. The maximum absolute atomic E-state index is 3.45. The van der Waals surface area contributed by atoms with E-state index in [2.05, 4.69) is 37.4 Å². The van der Waals surface area contributed by atoms with E-state index in [1.165, 1.54) is 12.8 Å². The van der Waals surface area contributed by atoms with Crippen molar-refractivity contribution in [2.24, 2.45) is 5.92 Å². The predicted molar refractivity (Wildman–Crippen MR) is 60.4 cm³/mol. The largest absolute Gasteiger partial charge is 0.312 e. The van der Waals surface area contributed by atoms with Crippen LogP contribution in [0.1, 0.15) is 30.5 Å². The van der Waals surface area contributed by atoms with Gasteiger partial charge in [0.1, 0.15) is 0 Å². The summed E-state index contributed by atoms with van der Waals surface area (Å²) in [5.41, 5.74) is 4.67. The van der Waals surface area contributed by atoms with Gasteiger partial charge in [-0.15, -0.1) is 0 Å². The summed E-state index contributed by atoms with van der Waals surface area (Å²) in [6.45, 7) is 6.78. The highest BCUT2D eigenvalue weighted by molar-refractivity contribution is 5.37. The molecule has 1 aliphatic rings. The van der Waals surface area contributed by atoms with Crippen molar-refractivity contribution in [3.05, 3.63) is 34.9 Å². The Bertz CT molecular complexity index is 315. The Kier molecular flexibility index (Phi) is 2.87. The molecule has 14 heavy (non-hydrogen) atoms.